The molecule has 0 aromatic heterocycles. The average Bonchev–Trinajstić information content (AvgIpc) is 2.40. The molecule has 1 aliphatic rings. The molecule has 0 bridgehead atoms. The molecule has 1 fully saturated rings. The van der Waals surface area contributed by atoms with E-state index in [1.165, 1.54) is 6.07 Å². The lowest BCUT2D eigenvalue weighted by atomic mass is 9.88. The van der Waals surface area contributed by atoms with Crippen LogP contribution in [-0.4, -0.2) is 34.3 Å². The van der Waals surface area contributed by atoms with Gasteiger partial charge in [0, 0.05) is 6.07 Å². The highest BCUT2D eigenvalue weighted by atomic mass is 32.2. The van der Waals surface area contributed by atoms with Crippen molar-refractivity contribution in [2.24, 2.45) is 11.8 Å². The Morgan fingerprint density at radius 2 is 2.16 bits per heavy atom. The molecule has 4 nitrogen and oxygen atoms in total. The SMILES string of the molecule is O=C(O)C(COc1cccc(O)c1)C1CCSCC1. The monoisotopic (exact) mass is 282 g/mol. The van der Waals surface area contributed by atoms with E-state index < -0.39 is 11.9 Å². The quantitative estimate of drug-likeness (QED) is 0.869. The third-order valence-corrected chi connectivity index (χ3v) is 4.45. The normalized spacial score (nSPS) is 17.9. The fraction of sp³-hybridized carbons (Fsp3) is 0.500. The second kappa shape index (κ2) is 6.70. The summed E-state index contributed by atoms with van der Waals surface area (Å²) in [6.45, 7) is 0.161. The van der Waals surface area contributed by atoms with E-state index in [0.717, 1.165) is 24.3 Å². The van der Waals surface area contributed by atoms with E-state index in [4.69, 9.17) is 4.74 Å². The molecule has 1 heterocycles. The molecule has 2 N–H and O–H groups in total. The summed E-state index contributed by atoms with van der Waals surface area (Å²) in [4.78, 5) is 11.4. The predicted octanol–water partition coefficient (Wildman–Crippen LogP) is 2.62. The molecule has 19 heavy (non-hydrogen) atoms. The Balaban J connectivity index is 1.95. The minimum Gasteiger partial charge on any atom is -0.508 e. The molecule has 0 saturated carbocycles. The number of phenols is 1. The minimum absolute atomic E-state index is 0.124. The number of carboxylic acids is 1. The van der Waals surface area contributed by atoms with Gasteiger partial charge >= 0.3 is 5.97 Å². The molecule has 104 valence electrons. The Morgan fingerprint density at radius 3 is 2.79 bits per heavy atom. The molecular formula is C14H18O4S. The van der Waals surface area contributed by atoms with Crippen LogP contribution in [0.25, 0.3) is 0 Å². The third kappa shape index (κ3) is 4.06. The first-order valence-electron chi connectivity index (χ1n) is 6.39. The van der Waals surface area contributed by atoms with Gasteiger partial charge in [0.2, 0.25) is 0 Å². The van der Waals surface area contributed by atoms with Crippen molar-refractivity contribution >= 4 is 17.7 Å². The largest absolute Gasteiger partial charge is 0.508 e. The molecule has 0 spiro atoms. The van der Waals surface area contributed by atoms with Gasteiger partial charge in [0.1, 0.15) is 18.1 Å². The molecule has 1 aromatic carbocycles. The number of phenolic OH excluding ortho intramolecular Hbond substituents is 1. The van der Waals surface area contributed by atoms with Crippen molar-refractivity contribution in [1.29, 1.82) is 0 Å². The zero-order valence-corrected chi connectivity index (χ0v) is 11.4. The lowest BCUT2D eigenvalue weighted by molar-refractivity contribution is -0.145. The van der Waals surface area contributed by atoms with E-state index in [1.54, 1.807) is 18.2 Å². The van der Waals surface area contributed by atoms with Crippen LogP contribution >= 0.6 is 11.8 Å². The van der Waals surface area contributed by atoms with Gasteiger partial charge < -0.3 is 14.9 Å². The summed E-state index contributed by atoms with van der Waals surface area (Å²) in [6, 6.07) is 6.45. The number of ether oxygens (including phenoxy) is 1. The number of aromatic hydroxyl groups is 1. The predicted molar refractivity (Wildman–Crippen MR) is 74.8 cm³/mol. The van der Waals surface area contributed by atoms with Crippen LogP contribution in [0.4, 0.5) is 0 Å². The summed E-state index contributed by atoms with van der Waals surface area (Å²) in [5.74, 6) is 1.62. The number of thioether (sulfide) groups is 1. The topological polar surface area (TPSA) is 66.8 Å². The molecule has 5 heteroatoms. The van der Waals surface area contributed by atoms with Gasteiger partial charge in [-0.3, -0.25) is 4.79 Å². The van der Waals surface area contributed by atoms with Crippen LogP contribution in [0.3, 0.4) is 0 Å². The summed E-state index contributed by atoms with van der Waals surface area (Å²) in [5.41, 5.74) is 0. The van der Waals surface area contributed by atoms with Crippen molar-refractivity contribution < 1.29 is 19.7 Å². The molecule has 1 aromatic rings. The lowest BCUT2D eigenvalue weighted by Crippen LogP contribution is -2.31. The molecule has 0 aliphatic carbocycles. The van der Waals surface area contributed by atoms with E-state index in [2.05, 4.69) is 0 Å². The highest BCUT2D eigenvalue weighted by Crippen LogP contribution is 2.30. The Labute approximate surface area is 116 Å². The van der Waals surface area contributed by atoms with Gasteiger partial charge in [0.15, 0.2) is 0 Å². The first-order chi connectivity index (χ1) is 9.16. The number of aliphatic carboxylic acids is 1. The summed E-state index contributed by atoms with van der Waals surface area (Å²) in [5, 5.41) is 18.7. The molecule has 0 radical (unpaired) electrons. The molecule has 0 amide bonds. The van der Waals surface area contributed by atoms with E-state index in [0.29, 0.717) is 5.75 Å². The summed E-state index contributed by atoms with van der Waals surface area (Å²) in [6.07, 6.45) is 1.87. The standard InChI is InChI=1S/C14H18O4S/c15-11-2-1-3-12(8-11)18-9-13(14(16)17)10-4-6-19-7-5-10/h1-3,8,10,13,15H,4-7,9H2,(H,16,17). The number of carboxylic acid groups (broad SMARTS) is 1. The number of benzene rings is 1. The third-order valence-electron chi connectivity index (χ3n) is 3.40. The van der Waals surface area contributed by atoms with E-state index in [9.17, 15) is 15.0 Å². The van der Waals surface area contributed by atoms with Crippen LogP contribution in [0.1, 0.15) is 12.8 Å². The van der Waals surface area contributed by atoms with Crippen LogP contribution in [0.5, 0.6) is 11.5 Å². The lowest BCUT2D eigenvalue weighted by Gasteiger charge is -2.27. The zero-order valence-electron chi connectivity index (χ0n) is 10.6. The Bertz CT molecular complexity index is 429. The van der Waals surface area contributed by atoms with Crippen LogP contribution in [0.2, 0.25) is 0 Å². The molecule has 1 atom stereocenters. The van der Waals surface area contributed by atoms with E-state index in [1.807, 2.05) is 11.8 Å². The Morgan fingerprint density at radius 1 is 1.42 bits per heavy atom. The fourth-order valence-electron chi connectivity index (χ4n) is 2.29. The molecular weight excluding hydrogens is 264 g/mol. The van der Waals surface area contributed by atoms with Gasteiger partial charge in [-0.05, 0) is 42.4 Å². The first-order valence-corrected chi connectivity index (χ1v) is 7.54. The van der Waals surface area contributed by atoms with Crippen molar-refractivity contribution in [2.75, 3.05) is 18.1 Å². The van der Waals surface area contributed by atoms with Crippen LogP contribution in [0.15, 0.2) is 24.3 Å². The Hall–Kier alpha value is -1.36. The van der Waals surface area contributed by atoms with Crippen LogP contribution in [0, 0.1) is 11.8 Å². The molecule has 1 unspecified atom stereocenters. The number of hydrogen-bond donors (Lipinski definition) is 2. The van der Waals surface area contributed by atoms with Crippen molar-refractivity contribution in [1.82, 2.24) is 0 Å². The van der Waals surface area contributed by atoms with Gasteiger partial charge in [-0.15, -0.1) is 0 Å². The summed E-state index contributed by atoms with van der Waals surface area (Å²) >= 11 is 1.88. The van der Waals surface area contributed by atoms with Gasteiger partial charge in [-0.1, -0.05) is 6.07 Å². The van der Waals surface area contributed by atoms with Crippen molar-refractivity contribution in [3.05, 3.63) is 24.3 Å². The molecule has 1 saturated heterocycles. The number of carbonyl (C=O) groups is 1. The van der Waals surface area contributed by atoms with E-state index in [-0.39, 0.29) is 18.3 Å². The average molecular weight is 282 g/mol. The fourth-order valence-corrected chi connectivity index (χ4v) is 3.43. The second-order valence-electron chi connectivity index (χ2n) is 4.70. The van der Waals surface area contributed by atoms with Crippen molar-refractivity contribution in [3.8, 4) is 11.5 Å². The maximum atomic E-state index is 11.4. The smallest absolute Gasteiger partial charge is 0.310 e. The minimum atomic E-state index is -0.794. The van der Waals surface area contributed by atoms with Crippen molar-refractivity contribution in [3.63, 3.8) is 0 Å². The maximum absolute atomic E-state index is 11.4. The summed E-state index contributed by atoms with van der Waals surface area (Å²) < 4.78 is 5.52. The second-order valence-corrected chi connectivity index (χ2v) is 5.93. The van der Waals surface area contributed by atoms with Gasteiger partial charge in [0.05, 0.1) is 5.92 Å². The van der Waals surface area contributed by atoms with Gasteiger partial charge in [-0.25, -0.2) is 0 Å². The first kappa shape index (κ1) is 14.1. The van der Waals surface area contributed by atoms with E-state index >= 15 is 0 Å². The molecule has 1 aliphatic heterocycles. The number of hydrogen-bond acceptors (Lipinski definition) is 4. The van der Waals surface area contributed by atoms with Gasteiger partial charge in [-0.2, -0.15) is 11.8 Å². The molecule has 2 rings (SSSR count). The number of rotatable bonds is 5. The van der Waals surface area contributed by atoms with Gasteiger partial charge in [0.25, 0.3) is 0 Å². The van der Waals surface area contributed by atoms with Crippen LogP contribution < -0.4 is 4.74 Å². The highest BCUT2D eigenvalue weighted by Gasteiger charge is 2.30. The zero-order chi connectivity index (χ0) is 13.7. The van der Waals surface area contributed by atoms with Crippen molar-refractivity contribution in [2.45, 2.75) is 12.8 Å². The maximum Gasteiger partial charge on any atom is 0.310 e. The summed E-state index contributed by atoms with van der Waals surface area (Å²) in [7, 11) is 0. The van der Waals surface area contributed by atoms with Crippen LogP contribution in [-0.2, 0) is 4.79 Å². The Kier molecular flexibility index (Phi) is 4.96. The highest BCUT2D eigenvalue weighted by molar-refractivity contribution is 7.99.